The monoisotopic (exact) mass is 281 g/mol. The second kappa shape index (κ2) is 9.55. The Morgan fingerprint density at radius 1 is 1.26 bits per heavy atom. The summed E-state index contributed by atoms with van der Waals surface area (Å²) in [4.78, 5) is 4.20. The Kier molecular flexibility index (Phi) is 7.89. The molecular weight excluding hydrogens is 258 g/mol. The van der Waals surface area contributed by atoms with E-state index >= 15 is 0 Å². The second-order valence-corrected chi connectivity index (χ2v) is 5.03. The van der Waals surface area contributed by atoms with Gasteiger partial charge in [0.1, 0.15) is 5.75 Å². The van der Waals surface area contributed by atoms with Gasteiger partial charge in [-0.15, -0.1) is 0 Å². The van der Waals surface area contributed by atoms with E-state index < -0.39 is 0 Å². The summed E-state index contributed by atoms with van der Waals surface area (Å²) in [5, 5.41) is 6.59. The lowest BCUT2D eigenvalue weighted by atomic mass is 10.2. The van der Waals surface area contributed by atoms with Crippen molar-refractivity contribution in [3.63, 3.8) is 0 Å². The molecule has 5 heteroatoms. The van der Waals surface area contributed by atoms with Crippen LogP contribution in [0.3, 0.4) is 0 Å². The molecule has 0 saturated heterocycles. The molecule has 1 aromatic rings. The number of hydrogen-bond donors (Lipinski definition) is 2. The predicted molar refractivity (Wildman–Crippen MR) is 84.2 cm³/mol. The third-order valence-electron chi connectivity index (χ3n) is 2.66. The topological polar surface area (TPSA) is 45.7 Å². The third-order valence-corrected chi connectivity index (χ3v) is 3.36. The maximum Gasteiger partial charge on any atom is 0.191 e. The standard InChI is InChI=1S/C14H23N3OS/c1-15-14(16-9-4-10-19-3)17-11-12-5-7-13(18-2)8-6-12/h5-8H,4,9-11H2,1-3H3,(H2,15,16,17). The maximum atomic E-state index is 5.13. The van der Waals surface area contributed by atoms with Crippen LogP contribution in [0.25, 0.3) is 0 Å². The predicted octanol–water partition coefficient (Wildman–Crippen LogP) is 2.11. The van der Waals surface area contributed by atoms with Crippen molar-refractivity contribution >= 4 is 17.7 Å². The van der Waals surface area contributed by atoms with E-state index in [-0.39, 0.29) is 0 Å². The van der Waals surface area contributed by atoms with Crippen molar-refractivity contribution in [3.05, 3.63) is 29.8 Å². The summed E-state index contributed by atoms with van der Waals surface area (Å²) >= 11 is 1.86. The highest BCUT2D eigenvalue weighted by molar-refractivity contribution is 7.98. The zero-order valence-electron chi connectivity index (χ0n) is 11.9. The van der Waals surface area contributed by atoms with Crippen LogP contribution < -0.4 is 15.4 Å². The molecule has 0 bridgehead atoms. The number of hydrogen-bond acceptors (Lipinski definition) is 3. The van der Waals surface area contributed by atoms with Gasteiger partial charge in [0.15, 0.2) is 5.96 Å². The molecule has 0 saturated carbocycles. The molecule has 0 amide bonds. The van der Waals surface area contributed by atoms with E-state index in [0.29, 0.717) is 0 Å². The van der Waals surface area contributed by atoms with Gasteiger partial charge in [-0.1, -0.05) is 12.1 Å². The van der Waals surface area contributed by atoms with Crippen molar-refractivity contribution in [1.82, 2.24) is 10.6 Å². The van der Waals surface area contributed by atoms with E-state index in [9.17, 15) is 0 Å². The molecule has 106 valence electrons. The molecule has 0 aliphatic rings. The maximum absolute atomic E-state index is 5.13. The number of methoxy groups -OCH3 is 1. The first-order chi connectivity index (χ1) is 9.30. The molecule has 0 aromatic heterocycles. The Hall–Kier alpha value is -1.36. The number of nitrogens with one attached hydrogen (secondary N) is 2. The molecule has 0 unspecified atom stereocenters. The molecule has 19 heavy (non-hydrogen) atoms. The Labute approximate surface area is 120 Å². The number of nitrogens with zero attached hydrogens (tertiary/aromatic N) is 1. The highest BCUT2D eigenvalue weighted by atomic mass is 32.2. The summed E-state index contributed by atoms with van der Waals surface area (Å²) in [6, 6.07) is 8.02. The molecule has 0 aliphatic carbocycles. The van der Waals surface area contributed by atoms with Gasteiger partial charge in [0.2, 0.25) is 0 Å². The zero-order chi connectivity index (χ0) is 13.9. The Bertz CT molecular complexity index is 379. The van der Waals surface area contributed by atoms with Gasteiger partial charge in [-0.2, -0.15) is 11.8 Å². The summed E-state index contributed by atoms with van der Waals surface area (Å²) in [5.41, 5.74) is 1.20. The second-order valence-electron chi connectivity index (χ2n) is 4.05. The fourth-order valence-electron chi connectivity index (χ4n) is 1.57. The van der Waals surface area contributed by atoms with Crippen LogP contribution in [0.2, 0.25) is 0 Å². The van der Waals surface area contributed by atoms with Crippen LogP contribution in [-0.4, -0.2) is 38.7 Å². The van der Waals surface area contributed by atoms with E-state index in [4.69, 9.17) is 4.74 Å². The van der Waals surface area contributed by atoms with E-state index in [2.05, 4.69) is 21.9 Å². The van der Waals surface area contributed by atoms with E-state index in [1.807, 2.05) is 36.0 Å². The van der Waals surface area contributed by atoms with Gasteiger partial charge >= 0.3 is 0 Å². The lowest BCUT2D eigenvalue weighted by molar-refractivity contribution is 0.414. The van der Waals surface area contributed by atoms with Crippen LogP contribution in [0, 0.1) is 0 Å². The SMILES string of the molecule is CN=C(NCCCSC)NCc1ccc(OC)cc1. The molecule has 0 atom stereocenters. The van der Waals surface area contributed by atoms with Crippen molar-refractivity contribution in [2.24, 2.45) is 4.99 Å². The minimum absolute atomic E-state index is 0.756. The van der Waals surface area contributed by atoms with Crippen LogP contribution in [0.5, 0.6) is 5.75 Å². The fraction of sp³-hybridized carbons (Fsp3) is 0.500. The largest absolute Gasteiger partial charge is 0.497 e. The molecule has 2 N–H and O–H groups in total. The van der Waals surface area contributed by atoms with Crippen molar-refractivity contribution < 1.29 is 4.74 Å². The van der Waals surface area contributed by atoms with Crippen molar-refractivity contribution in [1.29, 1.82) is 0 Å². The van der Waals surface area contributed by atoms with E-state index in [0.717, 1.165) is 31.2 Å². The molecule has 1 rings (SSSR count). The number of thioether (sulfide) groups is 1. The van der Waals surface area contributed by atoms with Crippen LogP contribution in [0.15, 0.2) is 29.3 Å². The number of rotatable bonds is 7. The summed E-state index contributed by atoms with van der Waals surface area (Å²) in [6.07, 6.45) is 3.27. The van der Waals surface area contributed by atoms with Gasteiger partial charge in [0.05, 0.1) is 7.11 Å². The van der Waals surface area contributed by atoms with Crippen LogP contribution in [0.1, 0.15) is 12.0 Å². The number of benzene rings is 1. The van der Waals surface area contributed by atoms with Gasteiger partial charge in [0.25, 0.3) is 0 Å². The van der Waals surface area contributed by atoms with E-state index in [1.54, 1.807) is 14.2 Å². The zero-order valence-corrected chi connectivity index (χ0v) is 12.7. The van der Waals surface area contributed by atoms with Crippen molar-refractivity contribution in [2.45, 2.75) is 13.0 Å². The fourth-order valence-corrected chi connectivity index (χ4v) is 2.01. The Morgan fingerprint density at radius 3 is 2.58 bits per heavy atom. The van der Waals surface area contributed by atoms with Crippen LogP contribution >= 0.6 is 11.8 Å². The minimum Gasteiger partial charge on any atom is -0.497 e. The van der Waals surface area contributed by atoms with Crippen molar-refractivity contribution in [3.8, 4) is 5.75 Å². The van der Waals surface area contributed by atoms with Gasteiger partial charge < -0.3 is 15.4 Å². The quantitative estimate of drug-likeness (QED) is 0.456. The smallest absolute Gasteiger partial charge is 0.191 e. The van der Waals surface area contributed by atoms with Crippen LogP contribution in [0.4, 0.5) is 0 Å². The average Bonchev–Trinajstić information content (AvgIpc) is 2.47. The normalized spacial score (nSPS) is 11.2. The number of guanidine groups is 1. The first kappa shape index (κ1) is 15.7. The number of ether oxygens (including phenoxy) is 1. The summed E-state index contributed by atoms with van der Waals surface area (Å²) in [5.74, 6) is 2.89. The Morgan fingerprint density at radius 2 is 2.00 bits per heavy atom. The Balaban J connectivity index is 2.32. The lowest BCUT2D eigenvalue weighted by Crippen LogP contribution is -2.37. The summed E-state index contributed by atoms with van der Waals surface area (Å²) in [6.45, 7) is 1.70. The van der Waals surface area contributed by atoms with Gasteiger partial charge in [-0.05, 0) is 36.1 Å². The molecule has 0 spiro atoms. The highest BCUT2D eigenvalue weighted by Crippen LogP contribution is 2.10. The average molecular weight is 281 g/mol. The number of aliphatic imine (C=N–C) groups is 1. The van der Waals surface area contributed by atoms with E-state index in [1.165, 1.54) is 11.3 Å². The first-order valence-electron chi connectivity index (χ1n) is 6.36. The first-order valence-corrected chi connectivity index (χ1v) is 7.76. The molecule has 0 heterocycles. The molecule has 1 aromatic carbocycles. The lowest BCUT2D eigenvalue weighted by Gasteiger charge is -2.11. The van der Waals surface area contributed by atoms with Gasteiger partial charge in [-0.3, -0.25) is 4.99 Å². The molecule has 0 aliphatic heterocycles. The molecule has 0 radical (unpaired) electrons. The molecule has 4 nitrogen and oxygen atoms in total. The molecular formula is C14H23N3OS. The molecule has 0 fully saturated rings. The highest BCUT2D eigenvalue weighted by Gasteiger charge is 1.98. The minimum atomic E-state index is 0.756. The van der Waals surface area contributed by atoms with Gasteiger partial charge in [-0.25, -0.2) is 0 Å². The van der Waals surface area contributed by atoms with Crippen molar-refractivity contribution in [2.75, 3.05) is 32.7 Å². The van der Waals surface area contributed by atoms with Gasteiger partial charge in [0, 0.05) is 20.1 Å². The summed E-state index contributed by atoms with van der Waals surface area (Å²) < 4.78 is 5.13. The third kappa shape index (κ3) is 6.38. The summed E-state index contributed by atoms with van der Waals surface area (Å²) in [7, 11) is 3.46. The van der Waals surface area contributed by atoms with Crippen LogP contribution in [-0.2, 0) is 6.54 Å².